The summed E-state index contributed by atoms with van der Waals surface area (Å²) in [5, 5.41) is 0. The molecule has 1 spiro atoms. The summed E-state index contributed by atoms with van der Waals surface area (Å²) in [6.07, 6.45) is 8.32. The highest BCUT2D eigenvalue weighted by Crippen LogP contribution is 2.42. The molecule has 1 aliphatic carbocycles. The second kappa shape index (κ2) is 7.69. The van der Waals surface area contributed by atoms with Crippen LogP contribution in [0.2, 0.25) is 0 Å². The summed E-state index contributed by atoms with van der Waals surface area (Å²) in [7, 11) is 2.34. The van der Waals surface area contributed by atoms with E-state index in [4.69, 9.17) is 0 Å². The van der Waals surface area contributed by atoms with Crippen LogP contribution in [0.1, 0.15) is 66.2 Å². The van der Waals surface area contributed by atoms with Crippen LogP contribution in [0.3, 0.4) is 0 Å². The molecule has 0 aromatic rings. The van der Waals surface area contributed by atoms with E-state index >= 15 is 0 Å². The molecule has 4 aliphatic heterocycles. The van der Waals surface area contributed by atoms with Gasteiger partial charge in [0, 0.05) is 81.1 Å². The Morgan fingerprint density at radius 1 is 0.733 bits per heavy atom. The lowest BCUT2D eigenvalue weighted by molar-refractivity contribution is -0.0849. The van der Waals surface area contributed by atoms with Gasteiger partial charge in [-0.1, -0.05) is 0 Å². The summed E-state index contributed by atoms with van der Waals surface area (Å²) in [5.74, 6) is 0. The van der Waals surface area contributed by atoms with Gasteiger partial charge in [0.25, 0.3) is 0 Å². The van der Waals surface area contributed by atoms with Crippen molar-refractivity contribution in [2.45, 2.75) is 94.9 Å². The Labute approximate surface area is 185 Å². The Kier molecular flexibility index (Phi) is 5.55. The molecule has 1 saturated carbocycles. The first-order valence-corrected chi connectivity index (χ1v) is 12.9. The number of hydrogen-bond donors (Lipinski definition) is 0. The van der Waals surface area contributed by atoms with E-state index in [0.29, 0.717) is 16.6 Å². The molecule has 5 heteroatoms. The second-order valence-corrected chi connectivity index (χ2v) is 12.6. The molecule has 5 nitrogen and oxygen atoms in total. The van der Waals surface area contributed by atoms with Crippen LogP contribution in [-0.2, 0) is 0 Å². The SMILES string of the molecule is CN1CCCC12CN(C(C)(C)CCC(C)(C)N1CC(N3CCN(C4CC4)CC3)C1)C2. The average Bonchev–Trinajstić information content (AvgIpc) is 3.40. The van der Waals surface area contributed by atoms with Crippen molar-refractivity contribution >= 4 is 0 Å². The van der Waals surface area contributed by atoms with E-state index in [2.05, 4.69) is 59.2 Å². The van der Waals surface area contributed by atoms with Gasteiger partial charge < -0.3 is 0 Å². The van der Waals surface area contributed by atoms with Crippen molar-refractivity contribution in [3.05, 3.63) is 0 Å². The third kappa shape index (κ3) is 3.98. The first-order valence-electron chi connectivity index (χ1n) is 12.9. The Balaban J connectivity index is 1.05. The molecule has 5 aliphatic rings. The number of likely N-dealkylation sites (N-methyl/N-ethyl adjacent to an activating group) is 1. The lowest BCUT2D eigenvalue weighted by Gasteiger charge is -2.59. The van der Waals surface area contributed by atoms with Gasteiger partial charge >= 0.3 is 0 Å². The lowest BCUT2D eigenvalue weighted by atomic mass is 9.79. The molecule has 0 bridgehead atoms. The summed E-state index contributed by atoms with van der Waals surface area (Å²) >= 11 is 0. The monoisotopic (exact) mass is 417 g/mol. The Hall–Kier alpha value is -0.200. The van der Waals surface area contributed by atoms with Crippen LogP contribution in [0.5, 0.6) is 0 Å². The molecule has 172 valence electrons. The van der Waals surface area contributed by atoms with Gasteiger partial charge in [-0.3, -0.25) is 24.5 Å². The fraction of sp³-hybridized carbons (Fsp3) is 1.00. The molecule has 0 radical (unpaired) electrons. The van der Waals surface area contributed by atoms with E-state index in [1.54, 1.807) is 0 Å². The quantitative estimate of drug-likeness (QED) is 0.631. The Morgan fingerprint density at radius 3 is 1.77 bits per heavy atom. The van der Waals surface area contributed by atoms with Gasteiger partial charge in [-0.25, -0.2) is 0 Å². The highest BCUT2D eigenvalue weighted by molar-refractivity contribution is 5.10. The predicted molar refractivity (Wildman–Crippen MR) is 125 cm³/mol. The summed E-state index contributed by atoms with van der Waals surface area (Å²) in [5.41, 5.74) is 1.17. The maximum Gasteiger partial charge on any atom is 0.0461 e. The maximum absolute atomic E-state index is 2.78. The van der Waals surface area contributed by atoms with Crippen molar-refractivity contribution in [2.24, 2.45) is 0 Å². The molecule has 0 amide bonds. The smallest absolute Gasteiger partial charge is 0.0461 e. The number of rotatable bonds is 7. The third-order valence-electron chi connectivity index (χ3n) is 9.77. The molecule has 0 atom stereocenters. The number of likely N-dealkylation sites (tertiary alicyclic amines) is 3. The zero-order valence-corrected chi connectivity index (χ0v) is 20.5. The predicted octanol–water partition coefficient (Wildman–Crippen LogP) is 2.57. The van der Waals surface area contributed by atoms with Crippen LogP contribution >= 0.6 is 0 Å². The zero-order chi connectivity index (χ0) is 21.1. The van der Waals surface area contributed by atoms with Crippen LogP contribution in [-0.4, -0.2) is 119 Å². The van der Waals surface area contributed by atoms with E-state index in [1.165, 1.54) is 97.4 Å². The van der Waals surface area contributed by atoms with Crippen molar-refractivity contribution in [2.75, 3.05) is 66.0 Å². The first-order chi connectivity index (χ1) is 14.2. The second-order valence-electron chi connectivity index (χ2n) is 12.6. The number of nitrogens with zero attached hydrogens (tertiary/aromatic N) is 5. The van der Waals surface area contributed by atoms with Crippen molar-refractivity contribution < 1.29 is 0 Å². The van der Waals surface area contributed by atoms with E-state index in [0.717, 1.165) is 12.1 Å². The molecule has 4 saturated heterocycles. The van der Waals surface area contributed by atoms with E-state index in [9.17, 15) is 0 Å². The minimum Gasteiger partial charge on any atom is -0.298 e. The highest BCUT2D eigenvalue weighted by Gasteiger charge is 2.52. The molecule has 0 aromatic carbocycles. The van der Waals surface area contributed by atoms with Crippen LogP contribution in [0.15, 0.2) is 0 Å². The van der Waals surface area contributed by atoms with Crippen molar-refractivity contribution in [1.29, 1.82) is 0 Å². The summed E-state index contributed by atoms with van der Waals surface area (Å²) in [6.45, 7) is 21.6. The van der Waals surface area contributed by atoms with Gasteiger partial charge in [0.05, 0.1) is 0 Å². The fourth-order valence-electron chi connectivity index (χ4n) is 6.58. The van der Waals surface area contributed by atoms with Crippen molar-refractivity contribution in [1.82, 2.24) is 24.5 Å². The molecule has 0 aromatic heterocycles. The van der Waals surface area contributed by atoms with Gasteiger partial charge in [-0.2, -0.15) is 0 Å². The normalized spacial score (nSPS) is 30.7. The van der Waals surface area contributed by atoms with E-state index in [-0.39, 0.29) is 0 Å². The van der Waals surface area contributed by atoms with Crippen LogP contribution in [0, 0.1) is 0 Å². The van der Waals surface area contributed by atoms with E-state index < -0.39 is 0 Å². The third-order valence-corrected chi connectivity index (χ3v) is 9.77. The van der Waals surface area contributed by atoms with E-state index in [1.807, 2.05) is 0 Å². The lowest BCUT2D eigenvalue weighted by Crippen LogP contribution is -2.71. The molecular weight excluding hydrogens is 370 g/mol. The maximum atomic E-state index is 2.78. The van der Waals surface area contributed by atoms with Crippen LogP contribution < -0.4 is 0 Å². The number of hydrogen-bond acceptors (Lipinski definition) is 5. The molecule has 30 heavy (non-hydrogen) atoms. The molecule has 4 heterocycles. The summed E-state index contributed by atoms with van der Waals surface area (Å²) in [4.78, 5) is 13.7. The highest BCUT2D eigenvalue weighted by atomic mass is 15.4. The van der Waals surface area contributed by atoms with Crippen LogP contribution in [0.25, 0.3) is 0 Å². The molecule has 5 fully saturated rings. The molecule has 5 rings (SSSR count). The van der Waals surface area contributed by atoms with Gasteiger partial charge in [0.1, 0.15) is 0 Å². The summed E-state index contributed by atoms with van der Waals surface area (Å²) < 4.78 is 0. The Morgan fingerprint density at radius 2 is 1.27 bits per heavy atom. The van der Waals surface area contributed by atoms with Crippen molar-refractivity contribution in [3.63, 3.8) is 0 Å². The minimum atomic E-state index is 0.329. The van der Waals surface area contributed by atoms with Gasteiger partial charge in [-0.05, 0) is 79.8 Å². The Bertz CT molecular complexity index is 607. The first kappa shape index (κ1) is 21.6. The largest absolute Gasteiger partial charge is 0.298 e. The minimum absolute atomic E-state index is 0.329. The zero-order valence-electron chi connectivity index (χ0n) is 20.5. The van der Waals surface area contributed by atoms with Gasteiger partial charge in [0.2, 0.25) is 0 Å². The van der Waals surface area contributed by atoms with Gasteiger partial charge in [0.15, 0.2) is 0 Å². The van der Waals surface area contributed by atoms with Gasteiger partial charge in [-0.15, -0.1) is 0 Å². The fourth-order valence-corrected chi connectivity index (χ4v) is 6.58. The average molecular weight is 418 g/mol. The standard InChI is InChI=1S/C25H47N5/c1-23(2,10-11-24(3,4)30-19-25(20-30)9-6-12-26(25)5)29-17-22(18-29)28-15-13-27(14-16-28)21-7-8-21/h21-22H,6-20H2,1-5H3. The number of piperazine rings is 1. The topological polar surface area (TPSA) is 16.2 Å². The molecular formula is C25H47N5. The molecule has 0 N–H and O–H groups in total. The van der Waals surface area contributed by atoms with Crippen molar-refractivity contribution in [3.8, 4) is 0 Å². The molecule has 0 unspecified atom stereocenters. The summed E-state index contributed by atoms with van der Waals surface area (Å²) in [6, 6.07) is 1.76. The van der Waals surface area contributed by atoms with Crippen LogP contribution in [0.4, 0.5) is 0 Å².